The predicted octanol–water partition coefficient (Wildman–Crippen LogP) is 3.28. The summed E-state index contributed by atoms with van der Waals surface area (Å²) in [6.07, 6.45) is 6.14. The number of nitrogen functional groups attached to an aromatic ring is 1. The molecule has 8 heteroatoms. The molecule has 0 bridgehead atoms. The van der Waals surface area contributed by atoms with Crippen LogP contribution in [0, 0.1) is 0 Å². The summed E-state index contributed by atoms with van der Waals surface area (Å²) in [5.74, 6) is 1.20. The summed E-state index contributed by atoms with van der Waals surface area (Å²) >= 11 is 0. The van der Waals surface area contributed by atoms with E-state index in [2.05, 4.69) is 15.1 Å². The predicted molar refractivity (Wildman–Crippen MR) is 127 cm³/mol. The summed E-state index contributed by atoms with van der Waals surface area (Å²) in [5.41, 5.74) is 9.42. The van der Waals surface area contributed by atoms with Gasteiger partial charge < -0.3 is 15.2 Å². The topological polar surface area (TPSA) is 105 Å². The van der Waals surface area contributed by atoms with Gasteiger partial charge >= 0.3 is 0 Å². The first kappa shape index (κ1) is 22.2. The number of nitrogens with two attached hydrogens (primary N) is 1. The van der Waals surface area contributed by atoms with Crippen molar-refractivity contribution >= 4 is 5.69 Å². The largest absolute Gasteiger partial charge is 0.490 e. The molecule has 0 aliphatic rings. The van der Waals surface area contributed by atoms with Crippen molar-refractivity contribution in [3.8, 4) is 22.8 Å². The molecule has 4 aromatic rings. The minimum Gasteiger partial charge on any atom is -0.490 e. The van der Waals surface area contributed by atoms with Gasteiger partial charge in [0.1, 0.15) is 5.69 Å². The Morgan fingerprint density at radius 2 is 1.82 bits per heavy atom. The van der Waals surface area contributed by atoms with Crippen LogP contribution in [0.3, 0.4) is 0 Å². The zero-order valence-electron chi connectivity index (χ0n) is 18.3. The molecule has 4 rings (SSSR count). The number of aromatic nitrogens is 4. The highest BCUT2D eigenvalue weighted by Gasteiger charge is 2.08. The second-order valence-corrected chi connectivity index (χ2v) is 7.48. The molecule has 2 aromatic heterocycles. The van der Waals surface area contributed by atoms with Crippen molar-refractivity contribution in [2.45, 2.75) is 12.8 Å². The minimum absolute atomic E-state index is 0.119. The summed E-state index contributed by atoms with van der Waals surface area (Å²) < 4.78 is 12.3. The fourth-order valence-corrected chi connectivity index (χ4v) is 3.33. The molecule has 0 atom stereocenters. The third-order valence-corrected chi connectivity index (χ3v) is 4.96. The maximum Gasteiger partial charge on any atom is 0.203 e. The quantitative estimate of drug-likeness (QED) is 0.313. The number of methoxy groups -OCH3 is 1. The average molecular weight is 444 g/mol. The van der Waals surface area contributed by atoms with Crippen LogP contribution in [0.15, 0.2) is 78.0 Å². The molecule has 33 heavy (non-hydrogen) atoms. The number of benzene rings is 2. The van der Waals surface area contributed by atoms with E-state index in [0.717, 1.165) is 23.2 Å². The Morgan fingerprint density at radius 3 is 2.61 bits per heavy atom. The Labute approximate surface area is 191 Å². The highest BCUT2D eigenvalue weighted by molar-refractivity contribution is 5.56. The van der Waals surface area contributed by atoms with E-state index in [1.54, 1.807) is 36.4 Å². The molecule has 0 amide bonds. The lowest BCUT2D eigenvalue weighted by atomic mass is 10.1. The smallest absolute Gasteiger partial charge is 0.203 e. The number of anilines is 1. The first-order valence-electron chi connectivity index (χ1n) is 10.6. The fraction of sp³-hybridized carbons (Fsp3) is 0.200. The van der Waals surface area contributed by atoms with Crippen LogP contribution in [-0.2, 0) is 11.2 Å². The SMILES string of the molecule is COCCCOc1cnc(-c2cccc(Cc3nn(-c4cccc(N)c4)ccc3=O)c2)nc1. The van der Waals surface area contributed by atoms with Crippen molar-refractivity contribution in [3.05, 3.63) is 94.7 Å². The Bertz CT molecular complexity index is 1270. The molecule has 0 fully saturated rings. The lowest BCUT2D eigenvalue weighted by Gasteiger charge is -2.09. The van der Waals surface area contributed by atoms with E-state index in [1.807, 2.05) is 42.5 Å². The Morgan fingerprint density at radius 1 is 1.00 bits per heavy atom. The third kappa shape index (κ3) is 5.81. The lowest BCUT2D eigenvalue weighted by molar-refractivity contribution is 0.172. The van der Waals surface area contributed by atoms with E-state index in [4.69, 9.17) is 15.2 Å². The molecule has 8 nitrogen and oxygen atoms in total. The van der Waals surface area contributed by atoms with Crippen LogP contribution < -0.4 is 15.9 Å². The van der Waals surface area contributed by atoms with E-state index < -0.39 is 0 Å². The Kier molecular flexibility index (Phi) is 7.06. The van der Waals surface area contributed by atoms with Crippen LogP contribution in [0.25, 0.3) is 17.1 Å². The van der Waals surface area contributed by atoms with Gasteiger partial charge in [0.2, 0.25) is 5.43 Å². The zero-order chi connectivity index (χ0) is 23.0. The van der Waals surface area contributed by atoms with Crippen molar-refractivity contribution in [2.24, 2.45) is 0 Å². The molecular formula is C25H25N5O3. The Balaban J connectivity index is 1.51. The molecule has 168 valence electrons. The van der Waals surface area contributed by atoms with E-state index in [1.165, 1.54) is 6.07 Å². The van der Waals surface area contributed by atoms with Crippen LogP contribution in [-0.4, -0.2) is 40.1 Å². The summed E-state index contributed by atoms with van der Waals surface area (Å²) in [7, 11) is 1.66. The van der Waals surface area contributed by atoms with Gasteiger partial charge in [0.25, 0.3) is 0 Å². The van der Waals surface area contributed by atoms with Gasteiger partial charge in [-0.05, 0) is 29.8 Å². The second-order valence-electron chi connectivity index (χ2n) is 7.48. The maximum absolute atomic E-state index is 12.4. The molecule has 2 N–H and O–H groups in total. The molecule has 0 radical (unpaired) electrons. The van der Waals surface area contributed by atoms with Gasteiger partial charge in [-0.1, -0.05) is 24.3 Å². The van der Waals surface area contributed by atoms with Crippen molar-refractivity contribution in [2.75, 3.05) is 26.1 Å². The standard InChI is InChI=1S/C25H25N5O3/c1-32-11-4-12-33-22-16-27-25(28-17-22)19-6-2-5-18(13-19)14-23-24(31)9-10-30(29-23)21-8-3-7-20(26)15-21/h2-3,5-10,13,15-17H,4,11-12,14,26H2,1H3. The van der Waals surface area contributed by atoms with Crippen LogP contribution in [0.1, 0.15) is 17.7 Å². The van der Waals surface area contributed by atoms with Crippen molar-refractivity contribution in [1.29, 1.82) is 0 Å². The van der Waals surface area contributed by atoms with E-state index in [9.17, 15) is 4.79 Å². The molecule has 0 spiro atoms. The number of hydrogen-bond acceptors (Lipinski definition) is 7. The molecule has 0 aliphatic heterocycles. The van der Waals surface area contributed by atoms with Crippen molar-refractivity contribution < 1.29 is 9.47 Å². The molecule has 0 unspecified atom stereocenters. The first-order valence-corrected chi connectivity index (χ1v) is 10.6. The number of ether oxygens (including phenoxy) is 2. The summed E-state index contributed by atoms with van der Waals surface area (Å²) in [5, 5.41) is 4.53. The lowest BCUT2D eigenvalue weighted by Crippen LogP contribution is -2.16. The number of rotatable bonds is 9. The van der Waals surface area contributed by atoms with Crippen LogP contribution in [0.4, 0.5) is 5.69 Å². The van der Waals surface area contributed by atoms with E-state index in [-0.39, 0.29) is 5.43 Å². The maximum atomic E-state index is 12.4. The van der Waals surface area contributed by atoms with Crippen LogP contribution in [0.2, 0.25) is 0 Å². The summed E-state index contributed by atoms with van der Waals surface area (Å²) in [4.78, 5) is 21.3. The van der Waals surface area contributed by atoms with Gasteiger partial charge in [-0.2, -0.15) is 5.10 Å². The van der Waals surface area contributed by atoms with Gasteiger partial charge in [-0.15, -0.1) is 0 Å². The summed E-state index contributed by atoms with van der Waals surface area (Å²) in [6, 6.07) is 16.6. The zero-order valence-corrected chi connectivity index (χ0v) is 18.3. The van der Waals surface area contributed by atoms with Crippen LogP contribution in [0.5, 0.6) is 5.75 Å². The molecule has 0 aliphatic carbocycles. The monoisotopic (exact) mass is 443 g/mol. The summed E-state index contributed by atoms with van der Waals surface area (Å²) in [6.45, 7) is 1.19. The van der Waals surface area contributed by atoms with Gasteiger partial charge in [-0.25, -0.2) is 14.6 Å². The molecule has 0 saturated heterocycles. The van der Waals surface area contributed by atoms with Gasteiger partial charge in [0, 0.05) is 50.1 Å². The highest BCUT2D eigenvalue weighted by atomic mass is 16.5. The number of nitrogens with zero attached hydrogens (tertiary/aromatic N) is 4. The molecule has 2 aromatic carbocycles. The van der Waals surface area contributed by atoms with Gasteiger partial charge in [0.05, 0.1) is 24.7 Å². The van der Waals surface area contributed by atoms with E-state index >= 15 is 0 Å². The fourth-order valence-electron chi connectivity index (χ4n) is 3.33. The second kappa shape index (κ2) is 10.5. The number of hydrogen-bond donors (Lipinski definition) is 1. The van der Waals surface area contributed by atoms with Gasteiger partial charge in [0.15, 0.2) is 11.6 Å². The van der Waals surface area contributed by atoms with E-state index in [0.29, 0.717) is 42.6 Å². The van der Waals surface area contributed by atoms with Crippen molar-refractivity contribution in [1.82, 2.24) is 19.7 Å². The van der Waals surface area contributed by atoms with Gasteiger partial charge in [-0.3, -0.25) is 4.79 Å². The van der Waals surface area contributed by atoms with Crippen molar-refractivity contribution in [3.63, 3.8) is 0 Å². The highest BCUT2D eigenvalue weighted by Crippen LogP contribution is 2.19. The Hall–Kier alpha value is -4.04. The third-order valence-electron chi connectivity index (χ3n) is 4.96. The average Bonchev–Trinajstić information content (AvgIpc) is 2.84. The first-order chi connectivity index (χ1) is 16.1. The minimum atomic E-state index is -0.119. The molecule has 0 saturated carbocycles. The molecule has 2 heterocycles. The molecular weight excluding hydrogens is 418 g/mol. The normalized spacial score (nSPS) is 10.8. The van der Waals surface area contributed by atoms with Crippen LogP contribution >= 0.6 is 0 Å².